The van der Waals surface area contributed by atoms with Gasteiger partial charge in [-0.1, -0.05) is 0 Å². The third kappa shape index (κ3) is 10.1. The van der Waals surface area contributed by atoms with Gasteiger partial charge in [-0.3, -0.25) is 9.12 Å². The average Bonchev–Trinajstić information content (AvgIpc) is 1.55. The molecule has 0 spiro atoms. The Morgan fingerprint density at radius 1 is 1.55 bits per heavy atom. The maximum atomic E-state index is 10.2. The molecule has 8 heteroatoms. The van der Waals surface area contributed by atoms with Crippen LogP contribution < -0.4 is 0 Å². The van der Waals surface area contributed by atoms with Crippen molar-refractivity contribution in [2.45, 2.75) is 0 Å². The fourth-order valence-electron chi connectivity index (χ4n) is 0.285. The Morgan fingerprint density at radius 2 is 2.00 bits per heavy atom. The van der Waals surface area contributed by atoms with Crippen LogP contribution in [0.4, 0.5) is 0 Å². The van der Waals surface area contributed by atoms with Crippen molar-refractivity contribution in [2.24, 2.45) is 0 Å². The zero-order valence-electron chi connectivity index (χ0n) is 5.50. The Hall–Kier alpha value is 0.0600. The highest BCUT2D eigenvalue weighted by Gasteiger charge is 2.12. The second kappa shape index (κ2) is 3.64. The molecule has 0 aromatic rings. The van der Waals surface area contributed by atoms with E-state index in [0.29, 0.717) is 0 Å². The summed E-state index contributed by atoms with van der Waals surface area (Å²) in [6.45, 7) is 2.16. The van der Waals surface area contributed by atoms with Crippen molar-refractivity contribution in [3.05, 3.63) is 6.66 Å². The summed E-state index contributed by atoms with van der Waals surface area (Å²) in [7, 11) is -8.01. The van der Waals surface area contributed by atoms with Gasteiger partial charge in [-0.2, -0.15) is 8.42 Å². The number of hydrogen-bond acceptors (Lipinski definition) is 4. The van der Waals surface area contributed by atoms with Gasteiger partial charge in [-0.15, -0.1) is 0 Å². The lowest BCUT2D eigenvalue weighted by molar-refractivity contribution is 0.281. The van der Waals surface area contributed by atoms with Crippen LogP contribution in [0.25, 0.3) is 0 Å². The SMILES string of the molecule is [CH2]P(=O)(O)OCCS(=O)(=O)O. The third-order valence-electron chi connectivity index (χ3n) is 0.634. The van der Waals surface area contributed by atoms with Gasteiger partial charge in [0.2, 0.25) is 0 Å². The van der Waals surface area contributed by atoms with E-state index in [4.69, 9.17) is 9.45 Å². The van der Waals surface area contributed by atoms with E-state index in [1.54, 1.807) is 0 Å². The molecular formula is C3H8O6PS. The predicted molar refractivity (Wildman–Crippen MR) is 37.5 cm³/mol. The smallest absolute Gasteiger partial charge is 0.324 e. The van der Waals surface area contributed by atoms with Crippen LogP contribution in [0, 0.1) is 6.66 Å². The largest absolute Gasteiger partial charge is 0.328 e. The van der Waals surface area contributed by atoms with Crippen LogP contribution in [-0.4, -0.2) is 30.2 Å². The van der Waals surface area contributed by atoms with Crippen LogP contribution in [-0.2, 0) is 19.2 Å². The molecule has 0 saturated carbocycles. The molecule has 1 unspecified atom stereocenters. The van der Waals surface area contributed by atoms with Gasteiger partial charge in [0, 0.05) is 0 Å². The van der Waals surface area contributed by atoms with Crippen molar-refractivity contribution in [1.82, 2.24) is 0 Å². The van der Waals surface area contributed by atoms with Gasteiger partial charge in [0.1, 0.15) is 0 Å². The van der Waals surface area contributed by atoms with Gasteiger partial charge < -0.3 is 9.42 Å². The molecule has 0 bridgehead atoms. The van der Waals surface area contributed by atoms with E-state index in [1.807, 2.05) is 0 Å². The molecule has 0 heterocycles. The molecule has 0 amide bonds. The summed E-state index contributed by atoms with van der Waals surface area (Å²) >= 11 is 0. The van der Waals surface area contributed by atoms with Crippen molar-refractivity contribution in [3.8, 4) is 0 Å². The summed E-state index contributed by atoms with van der Waals surface area (Å²) in [6, 6.07) is 0. The van der Waals surface area contributed by atoms with Gasteiger partial charge in [0.05, 0.1) is 19.0 Å². The summed E-state index contributed by atoms with van der Waals surface area (Å²) in [4.78, 5) is 8.36. The minimum absolute atomic E-state index is 0.546. The lowest BCUT2D eigenvalue weighted by atomic mass is 10.9. The first kappa shape index (κ1) is 11.1. The second-order valence-electron chi connectivity index (χ2n) is 1.76. The Balaban J connectivity index is 3.70. The molecule has 0 aliphatic carbocycles. The second-order valence-corrected chi connectivity index (χ2v) is 4.86. The van der Waals surface area contributed by atoms with Crippen LogP contribution in [0.1, 0.15) is 0 Å². The monoisotopic (exact) mass is 203 g/mol. The van der Waals surface area contributed by atoms with Crippen molar-refractivity contribution in [2.75, 3.05) is 12.4 Å². The minimum atomic E-state index is -4.13. The lowest BCUT2D eigenvalue weighted by Gasteiger charge is -2.03. The molecule has 0 rings (SSSR count). The Labute approximate surface area is 64.5 Å². The first-order chi connectivity index (χ1) is 4.71. The van der Waals surface area contributed by atoms with E-state index < -0.39 is 30.1 Å². The van der Waals surface area contributed by atoms with Crippen LogP contribution in [0.15, 0.2) is 0 Å². The third-order valence-corrected chi connectivity index (χ3v) is 1.90. The molecule has 0 aliphatic heterocycles. The lowest BCUT2D eigenvalue weighted by Crippen LogP contribution is -2.09. The first-order valence-electron chi connectivity index (χ1n) is 2.47. The van der Waals surface area contributed by atoms with Crippen molar-refractivity contribution >= 4 is 17.7 Å². The summed E-state index contributed by atoms with van der Waals surface area (Å²) in [5, 5.41) is 0. The highest BCUT2D eigenvalue weighted by Crippen LogP contribution is 2.38. The van der Waals surface area contributed by atoms with Gasteiger partial charge in [0.15, 0.2) is 0 Å². The van der Waals surface area contributed by atoms with Crippen molar-refractivity contribution in [3.63, 3.8) is 0 Å². The molecule has 0 aromatic carbocycles. The van der Waals surface area contributed by atoms with E-state index in [2.05, 4.69) is 11.2 Å². The molecule has 67 valence electrons. The number of hydrogen-bond donors (Lipinski definition) is 2. The normalized spacial score (nSPS) is 17.7. The molecule has 11 heavy (non-hydrogen) atoms. The maximum Gasteiger partial charge on any atom is 0.328 e. The summed E-state index contributed by atoms with van der Waals surface area (Å²) in [6.07, 6.45) is 0. The Morgan fingerprint density at radius 3 is 2.27 bits per heavy atom. The van der Waals surface area contributed by atoms with E-state index in [1.165, 1.54) is 0 Å². The van der Waals surface area contributed by atoms with E-state index in [9.17, 15) is 13.0 Å². The highest BCUT2D eigenvalue weighted by atomic mass is 32.2. The van der Waals surface area contributed by atoms with E-state index in [0.717, 1.165) is 0 Å². The first-order valence-corrected chi connectivity index (χ1v) is 5.85. The Kier molecular flexibility index (Phi) is 3.66. The zero-order chi connectivity index (χ0) is 9.12. The van der Waals surface area contributed by atoms with Crippen LogP contribution in [0.3, 0.4) is 0 Å². The van der Waals surface area contributed by atoms with Crippen LogP contribution in [0.5, 0.6) is 0 Å². The van der Waals surface area contributed by atoms with Crippen LogP contribution >= 0.6 is 7.60 Å². The fourth-order valence-corrected chi connectivity index (χ4v) is 1.08. The molecule has 0 aromatic heterocycles. The van der Waals surface area contributed by atoms with Gasteiger partial charge in [-0.25, -0.2) is 0 Å². The van der Waals surface area contributed by atoms with Gasteiger partial charge in [-0.05, 0) is 0 Å². The van der Waals surface area contributed by atoms with Crippen LogP contribution in [0.2, 0.25) is 0 Å². The van der Waals surface area contributed by atoms with Crippen molar-refractivity contribution in [1.29, 1.82) is 0 Å². The van der Waals surface area contributed by atoms with E-state index in [-0.39, 0.29) is 0 Å². The summed E-state index contributed by atoms with van der Waals surface area (Å²) in [5.41, 5.74) is 0. The molecule has 0 aliphatic rings. The molecule has 0 saturated heterocycles. The molecule has 1 atom stereocenters. The molecule has 1 radical (unpaired) electrons. The van der Waals surface area contributed by atoms with Gasteiger partial charge in [0.25, 0.3) is 10.1 Å². The summed E-state index contributed by atoms with van der Waals surface area (Å²) in [5.74, 6) is -0.715. The van der Waals surface area contributed by atoms with E-state index >= 15 is 0 Å². The summed E-state index contributed by atoms with van der Waals surface area (Å²) < 4.78 is 42.4. The molecule has 2 N–H and O–H groups in total. The highest BCUT2D eigenvalue weighted by molar-refractivity contribution is 7.85. The quantitative estimate of drug-likeness (QED) is 0.487. The number of rotatable bonds is 4. The topological polar surface area (TPSA) is 101 Å². The average molecular weight is 203 g/mol. The molecule has 6 nitrogen and oxygen atoms in total. The predicted octanol–water partition coefficient (Wildman–Crippen LogP) is -0.132. The fraction of sp³-hybridized carbons (Fsp3) is 0.667. The standard InChI is InChI=1S/C3H8O6PS/c1-10(4,5)9-2-3-11(6,7)8/h1-3H2,(H,4,5)(H,6,7,8). The molecular weight excluding hydrogens is 195 g/mol. The Bertz CT molecular complexity index is 249. The zero-order valence-corrected chi connectivity index (χ0v) is 7.22. The van der Waals surface area contributed by atoms with Gasteiger partial charge >= 0.3 is 7.60 Å². The van der Waals surface area contributed by atoms with Crippen molar-refractivity contribution < 1.29 is 27.0 Å². The molecule has 0 fully saturated rings. The maximum absolute atomic E-state index is 10.2. The minimum Gasteiger partial charge on any atom is -0.324 e.